The minimum Gasteiger partial charge on any atom is -0.392 e. The van der Waals surface area contributed by atoms with Crippen LogP contribution in [0.1, 0.15) is 31.4 Å². The second-order valence-electron chi connectivity index (χ2n) is 8.88. The molecule has 5 rings (SSSR count). The molecule has 162 valence electrons. The lowest BCUT2D eigenvalue weighted by atomic mass is 9.89. The molecule has 2 aromatic heterocycles. The molecular formula is C28H29N3O. The van der Waals surface area contributed by atoms with Gasteiger partial charge in [0.05, 0.1) is 6.10 Å². The number of hydrogen-bond donors (Lipinski definition) is 1. The SMILES string of the molecule is C[C@@H](O)CN1CCC(c2cc(-c3ccncc3)c(-c3ccc4ccccc4c3)cn2)CC1. The van der Waals surface area contributed by atoms with Crippen molar-refractivity contribution in [3.05, 3.63) is 84.9 Å². The summed E-state index contributed by atoms with van der Waals surface area (Å²) < 4.78 is 0. The van der Waals surface area contributed by atoms with Crippen LogP contribution >= 0.6 is 0 Å². The molecule has 4 heteroatoms. The molecule has 1 saturated heterocycles. The number of fused-ring (bicyclic) bond motifs is 1. The number of likely N-dealkylation sites (tertiary alicyclic amines) is 1. The number of pyridine rings is 2. The molecule has 0 bridgehead atoms. The molecule has 4 aromatic rings. The summed E-state index contributed by atoms with van der Waals surface area (Å²) in [5, 5.41) is 12.2. The van der Waals surface area contributed by atoms with E-state index < -0.39 is 0 Å². The number of aromatic nitrogens is 2. The normalized spacial score (nSPS) is 16.3. The molecular weight excluding hydrogens is 394 g/mol. The summed E-state index contributed by atoms with van der Waals surface area (Å²) in [6.07, 6.45) is 7.64. The van der Waals surface area contributed by atoms with E-state index in [-0.39, 0.29) is 6.10 Å². The van der Waals surface area contributed by atoms with Crippen LogP contribution in [-0.4, -0.2) is 45.7 Å². The van der Waals surface area contributed by atoms with Gasteiger partial charge in [-0.05, 0) is 84.6 Å². The van der Waals surface area contributed by atoms with Crippen LogP contribution in [0.3, 0.4) is 0 Å². The Bertz CT molecular complexity index is 1200. The van der Waals surface area contributed by atoms with Gasteiger partial charge in [-0.15, -0.1) is 0 Å². The largest absolute Gasteiger partial charge is 0.392 e. The maximum absolute atomic E-state index is 9.70. The van der Waals surface area contributed by atoms with Gasteiger partial charge in [0, 0.05) is 42.3 Å². The van der Waals surface area contributed by atoms with Gasteiger partial charge in [0.1, 0.15) is 0 Å². The molecule has 1 fully saturated rings. The summed E-state index contributed by atoms with van der Waals surface area (Å²) in [4.78, 5) is 11.5. The number of β-amino-alcohol motifs (C(OH)–C–C–N with tert-alkyl or cyclic N) is 1. The average Bonchev–Trinajstić information content (AvgIpc) is 2.84. The zero-order chi connectivity index (χ0) is 21.9. The highest BCUT2D eigenvalue weighted by Crippen LogP contribution is 2.36. The van der Waals surface area contributed by atoms with Crippen molar-refractivity contribution >= 4 is 10.8 Å². The Morgan fingerprint density at radius 2 is 1.66 bits per heavy atom. The highest BCUT2D eigenvalue weighted by atomic mass is 16.3. The van der Waals surface area contributed by atoms with Crippen LogP contribution in [0.2, 0.25) is 0 Å². The first-order valence-electron chi connectivity index (χ1n) is 11.5. The Hall–Kier alpha value is -3.08. The number of nitrogens with zero attached hydrogens (tertiary/aromatic N) is 3. The molecule has 32 heavy (non-hydrogen) atoms. The Balaban J connectivity index is 1.51. The van der Waals surface area contributed by atoms with E-state index in [1.54, 1.807) is 0 Å². The number of aliphatic hydroxyl groups is 1. The van der Waals surface area contributed by atoms with Gasteiger partial charge < -0.3 is 10.0 Å². The Kier molecular flexibility index (Phi) is 5.97. The van der Waals surface area contributed by atoms with Crippen molar-refractivity contribution in [1.82, 2.24) is 14.9 Å². The number of aliphatic hydroxyl groups excluding tert-OH is 1. The Labute approximate surface area is 189 Å². The fraction of sp³-hybridized carbons (Fsp3) is 0.286. The van der Waals surface area contributed by atoms with E-state index in [0.29, 0.717) is 5.92 Å². The molecule has 0 unspecified atom stereocenters. The van der Waals surface area contributed by atoms with E-state index in [1.165, 1.54) is 27.5 Å². The van der Waals surface area contributed by atoms with Crippen LogP contribution in [0.25, 0.3) is 33.0 Å². The van der Waals surface area contributed by atoms with Gasteiger partial charge in [-0.3, -0.25) is 9.97 Å². The van der Waals surface area contributed by atoms with Crippen LogP contribution in [0.5, 0.6) is 0 Å². The fourth-order valence-electron chi connectivity index (χ4n) is 4.84. The lowest BCUT2D eigenvalue weighted by molar-refractivity contribution is 0.109. The van der Waals surface area contributed by atoms with E-state index in [1.807, 2.05) is 19.3 Å². The van der Waals surface area contributed by atoms with E-state index in [0.717, 1.165) is 43.7 Å². The predicted molar refractivity (Wildman–Crippen MR) is 131 cm³/mol. The summed E-state index contributed by atoms with van der Waals surface area (Å²) in [7, 11) is 0. The maximum atomic E-state index is 9.70. The summed E-state index contributed by atoms with van der Waals surface area (Å²) in [5.41, 5.74) is 5.87. The molecule has 2 aromatic carbocycles. The topological polar surface area (TPSA) is 49.2 Å². The monoisotopic (exact) mass is 423 g/mol. The predicted octanol–water partition coefficient (Wildman–Crippen LogP) is 5.52. The lowest BCUT2D eigenvalue weighted by Gasteiger charge is -2.32. The van der Waals surface area contributed by atoms with Crippen LogP contribution in [0.4, 0.5) is 0 Å². The van der Waals surface area contributed by atoms with E-state index >= 15 is 0 Å². The quantitative estimate of drug-likeness (QED) is 0.459. The van der Waals surface area contributed by atoms with Gasteiger partial charge >= 0.3 is 0 Å². The molecule has 0 radical (unpaired) electrons. The zero-order valence-electron chi connectivity index (χ0n) is 18.5. The molecule has 1 aliphatic rings. The van der Waals surface area contributed by atoms with Crippen molar-refractivity contribution in [2.45, 2.75) is 31.8 Å². The van der Waals surface area contributed by atoms with Crippen molar-refractivity contribution in [1.29, 1.82) is 0 Å². The van der Waals surface area contributed by atoms with Crippen molar-refractivity contribution in [2.24, 2.45) is 0 Å². The van der Waals surface area contributed by atoms with E-state index in [9.17, 15) is 5.11 Å². The number of hydrogen-bond acceptors (Lipinski definition) is 4. The maximum Gasteiger partial charge on any atom is 0.0639 e. The lowest BCUT2D eigenvalue weighted by Crippen LogP contribution is -2.37. The summed E-state index contributed by atoms with van der Waals surface area (Å²) >= 11 is 0. The van der Waals surface area contributed by atoms with Gasteiger partial charge in [0.15, 0.2) is 0 Å². The highest BCUT2D eigenvalue weighted by molar-refractivity contribution is 5.91. The Morgan fingerprint density at radius 3 is 2.41 bits per heavy atom. The molecule has 1 aliphatic heterocycles. The fourth-order valence-corrected chi connectivity index (χ4v) is 4.84. The molecule has 0 spiro atoms. The van der Waals surface area contributed by atoms with Gasteiger partial charge in [0.25, 0.3) is 0 Å². The van der Waals surface area contributed by atoms with Gasteiger partial charge in [-0.2, -0.15) is 0 Å². The van der Waals surface area contributed by atoms with Gasteiger partial charge in [-0.1, -0.05) is 36.4 Å². The van der Waals surface area contributed by atoms with E-state index in [4.69, 9.17) is 4.98 Å². The third kappa shape index (κ3) is 4.43. The first kappa shape index (κ1) is 20.8. The first-order valence-corrected chi connectivity index (χ1v) is 11.5. The zero-order valence-corrected chi connectivity index (χ0v) is 18.5. The molecule has 1 atom stereocenters. The molecule has 0 saturated carbocycles. The molecule has 0 amide bonds. The minimum absolute atomic E-state index is 0.274. The molecule has 3 heterocycles. The second kappa shape index (κ2) is 9.19. The average molecular weight is 424 g/mol. The van der Waals surface area contributed by atoms with Crippen molar-refractivity contribution in [3.63, 3.8) is 0 Å². The molecule has 1 N–H and O–H groups in total. The third-order valence-corrected chi connectivity index (χ3v) is 6.51. The second-order valence-corrected chi connectivity index (χ2v) is 8.88. The van der Waals surface area contributed by atoms with Crippen LogP contribution in [-0.2, 0) is 0 Å². The standard InChI is InChI=1S/C28H29N3O/c1-20(32)19-31-14-10-23(11-15-31)28-17-26(22-8-12-29-13-9-22)27(18-30-28)25-7-6-21-4-2-3-5-24(21)16-25/h2-9,12-13,16-18,20,23,32H,10-11,14-15,19H2,1H3/t20-/m1/s1. The summed E-state index contributed by atoms with van der Waals surface area (Å²) in [6, 6.07) is 21.5. The number of rotatable bonds is 5. The Morgan fingerprint density at radius 1 is 0.906 bits per heavy atom. The van der Waals surface area contributed by atoms with Crippen molar-refractivity contribution in [3.8, 4) is 22.3 Å². The number of piperidine rings is 1. The summed E-state index contributed by atoms with van der Waals surface area (Å²) in [6.45, 7) is 4.63. The minimum atomic E-state index is -0.274. The van der Waals surface area contributed by atoms with Gasteiger partial charge in [0.2, 0.25) is 0 Å². The summed E-state index contributed by atoms with van der Waals surface area (Å²) in [5.74, 6) is 0.450. The molecule has 4 nitrogen and oxygen atoms in total. The first-order chi connectivity index (χ1) is 15.7. The van der Waals surface area contributed by atoms with Crippen LogP contribution in [0.15, 0.2) is 79.3 Å². The van der Waals surface area contributed by atoms with Crippen molar-refractivity contribution in [2.75, 3.05) is 19.6 Å². The van der Waals surface area contributed by atoms with E-state index in [2.05, 4.69) is 76.7 Å². The number of benzene rings is 2. The third-order valence-electron chi connectivity index (χ3n) is 6.51. The molecule has 0 aliphatic carbocycles. The van der Waals surface area contributed by atoms with Gasteiger partial charge in [-0.25, -0.2) is 0 Å². The highest BCUT2D eigenvalue weighted by Gasteiger charge is 2.23. The van der Waals surface area contributed by atoms with Crippen LogP contribution < -0.4 is 0 Å². The van der Waals surface area contributed by atoms with Crippen molar-refractivity contribution < 1.29 is 5.11 Å². The smallest absolute Gasteiger partial charge is 0.0639 e. The van der Waals surface area contributed by atoms with Crippen LogP contribution in [0, 0.1) is 0 Å².